The van der Waals surface area contributed by atoms with Gasteiger partial charge >= 0.3 is 6.03 Å². The molecule has 10 heteroatoms. The number of carbonyl (C=O) groups excluding carboxylic acids is 2. The highest BCUT2D eigenvalue weighted by atomic mass is 16.5. The summed E-state index contributed by atoms with van der Waals surface area (Å²) >= 11 is 0. The van der Waals surface area contributed by atoms with Crippen molar-refractivity contribution in [2.45, 2.75) is 30.8 Å². The van der Waals surface area contributed by atoms with Crippen LogP contribution in [0.1, 0.15) is 6.42 Å². The Labute approximate surface area is 152 Å². The molecular weight excluding hydrogens is 346 g/mol. The molecule has 0 saturated carbocycles. The molecule has 3 rings (SSSR count). The van der Waals surface area contributed by atoms with Gasteiger partial charge in [-0.3, -0.25) is 4.79 Å². The van der Waals surface area contributed by atoms with E-state index in [1.54, 1.807) is 9.80 Å². The quantitative estimate of drug-likeness (QED) is 0.510. The molecule has 10 nitrogen and oxygen atoms in total. The number of hydrogen-bond donors (Lipinski definition) is 3. The number of morpholine rings is 2. The average molecular weight is 373 g/mol. The summed E-state index contributed by atoms with van der Waals surface area (Å²) in [5, 5.41) is 23.1. The Balaban J connectivity index is 1.45. The number of carbonyl (C=O) groups is 2. The summed E-state index contributed by atoms with van der Waals surface area (Å²) in [6.07, 6.45) is -3.86. The Bertz CT molecular complexity index is 494. The van der Waals surface area contributed by atoms with Gasteiger partial charge < -0.3 is 39.5 Å². The van der Waals surface area contributed by atoms with Crippen molar-refractivity contribution in [2.75, 3.05) is 59.2 Å². The predicted molar refractivity (Wildman–Crippen MR) is 88.5 cm³/mol. The Kier molecular flexibility index (Phi) is 6.65. The Hall–Kier alpha value is -1.46. The van der Waals surface area contributed by atoms with E-state index in [-0.39, 0.29) is 24.9 Å². The van der Waals surface area contributed by atoms with E-state index in [0.29, 0.717) is 52.6 Å². The van der Waals surface area contributed by atoms with E-state index in [2.05, 4.69) is 5.32 Å². The predicted octanol–water partition coefficient (Wildman–Crippen LogP) is -2.23. The second-order valence-corrected chi connectivity index (χ2v) is 6.68. The van der Waals surface area contributed by atoms with Gasteiger partial charge in [-0.25, -0.2) is 4.79 Å². The minimum Gasteiger partial charge on any atom is -0.388 e. The van der Waals surface area contributed by atoms with E-state index in [1.807, 2.05) is 0 Å². The molecule has 3 N–H and O–H groups in total. The topological polar surface area (TPSA) is 121 Å². The highest BCUT2D eigenvalue weighted by Gasteiger charge is 2.44. The molecule has 0 unspecified atom stereocenters. The van der Waals surface area contributed by atoms with Gasteiger partial charge in [-0.15, -0.1) is 0 Å². The monoisotopic (exact) mass is 373 g/mol. The van der Waals surface area contributed by atoms with Crippen LogP contribution in [0.2, 0.25) is 0 Å². The van der Waals surface area contributed by atoms with E-state index in [1.165, 1.54) is 0 Å². The number of nitrogens with zero attached hydrogens (tertiary/aromatic N) is 2. The van der Waals surface area contributed by atoms with Gasteiger partial charge in [0.05, 0.1) is 39.0 Å². The third-order valence-electron chi connectivity index (χ3n) is 4.95. The summed E-state index contributed by atoms with van der Waals surface area (Å²) in [5.74, 6) is -0.137. The SMILES string of the molecule is O=C(C[C@@H]1O[C@H](CNC(=O)N2CCOCC2)[C@@H](O)[C@H]1O)N1CCOCC1. The molecule has 0 spiro atoms. The van der Waals surface area contributed by atoms with Gasteiger partial charge in [-0.2, -0.15) is 0 Å². The van der Waals surface area contributed by atoms with Crippen LogP contribution >= 0.6 is 0 Å². The lowest BCUT2D eigenvalue weighted by Gasteiger charge is -2.28. The van der Waals surface area contributed by atoms with E-state index < -0.39 is 24.4 Å². The number of hydrogen-bond acceptors (Lipinski definition) is 7. The summed E-state index contributed by atoms with van der Waals surface area (Å²) in [7, 11) is 0. The standard InChI is InChI=1S/C16H27N3O7/c20-13(18-1-5-24-6-2-18)9-11-14(21)15(22)12(26-11)10-17-16(23)19-3-7-25-8-4-19/h11-12,14-15,21-22H,1-10H2,(H,17,23)/t11-,12+,14-,15+/m0/s1. The molecule has 3 aliphatic heterocycles. The molecule has 3 saturated heterocycles. The Morgan fingerprint density at radius 3 is 2.04 bits per heavy atom. The third-order valence-corrected chi connectivity index (χ3v) is 4.95. The third kappa shape index (κ3) is 4.63. The lowest BCUT2D eigenvalue weighted by molar-refractivity contribution is -0.139. The number of rotatable bonds is 4. The van der Waals surface area contributed by atoms with Crippen molar-refractivity contribution < 1.29 is 34.0 Å². The first-order valence-electron chi connectivity index (χ1n) is 9.04. The van der Waals surface area contributed by atoms with Crippen LogP contribution < -0.4 is 5.32 Å². The molecule has 3 aliphatic rings. The molecule has 0 aromatic carbocycles. The average Bonchev–Trinajstić information content (AvgIpc) is 2.95. The van der Waals surface area contributed by atoms with Crippen molar-refractivity contribution in [1.82, 2.24) is 15.1 Å². The number of aliphatic hydroxyl groups excluding tert-OH is 2. The maximum Gasteiger partial charge on any atom is 0.317 e. The molecule has 0 aliphatic carbocycles. The zero-order chi connectivity index (χ0) is 18.5. The van der Waals surface area contributed by atoms with Gasteiger partial charge in [0.2, 0.25) is 5.91 Å². The van der Waals surface area contributed by atoms with Crippen molar-refractivity contribution in [2.24, 2.45) is 0 Å². The van der Waals surface area contributed by atoms with Gasteiger partial charge in [-0.05, 0) is 0 Å². The number of urea groups is 1. The Morgan fingerprint density at radius 1 is 0.885 bits per heavy atom. The largest absolute Gasteiger partial charge is 0.388 e. The highest BCUT2D eigenvalue weighted by Crippen LogP contribution is 2.24. The fourth-order valence-corrected chi connectivity index (χ4v) is 3.34. The number of nitrogens with one attached hydrogen (secondary N) is 1. The van der Waals surface area contributed by atoms with Crippen molar-refractivity contribution in [1.29, 1.82) is 0 Å². The summed E-state index contributed by atoms with van der Waals surface area (Å²) < 4.78 is 16.1. The molecule has 0 radical (unpaired) electrons. The second kappa shape index (κ2) is 8.96. The summed E-state index contributed by atoms with van der Waals surface area (Å²) in [4.78, 5) is 27.7. The van der Waals surface area contributed by atoms with Gasteiger partial charge in [0.25, 0.3) is 0 Å². The summed E-state index contributed by atoms with van der Waals surface area (Å²) in [5.41, 5.74) is 0. The van der Waals surface area contributed by atoms with Crippen LogP contribution in [0.4, 0.5) is 4.79 Å². The summed E-state index contributed by atoms with van der Waals surface area (Å²) in [6.45, 7) is 4.12. The molecule has 4 atom stereocenters. The van der Waals surface area contributed by atoms with Crippen LogP contribution in [0.3, 0.4) is 0 Å². The van der Waals surface area contributed by atoms with Crippen LogP contribution in [-0.4, -0.2) is 116 Å². The maximum absolute atomic E-state index is 12.3. The fourth-order valence-electron chi connectivity index (χ4n) is 3.34. The Morgan fingerprint density at radius 2 is 1.42 bits per heavy atom. The molecule has 3 amide bonds. The minimum atomic E-state index is -1.16. The second-order valence-electron chi connectivity index (χ2n) is 6.68. The van der Waals surface area contributed by atoms with E-state index in [0.717, 1.165) is 0 Å². The number of ether oxygens (including phenoxy) is 3. The van der Waals surface area contributed by atoms with Gasteiger partial charge in [0.15, 0.2) is 0 Å². The molecule has 0 aromatic rings. The molecule has 3 heterocycles. The first kappa shape index (κ1) is 19.3. The van der Waals surface area contributed by atoms with E-state index in [4.69, 9.17) is 14.2 Å². The minimum absolute atomic E-state index is 0.00780. The van der Waals surface area contributed by atoms with E-state index in [9.17, 15) is 19.8 Å². The van der Waals surface area contributed by atoms with Gasteiger partial charge in [0.1, 0.15) is 18.3 Å². The van der Waals surface area contributed by atoms with Crippen LogP contribution in [-0.2, 0) is 19.0 Å². The van der Waals surface area contributed by atoms with Crippen molar-refractivity contribution in [3.8, 4) is 0 Å². The van der Waals surface area contributed by atoms with Crippen molar-refractivity contribution in [3.63, 3.8) is 0 Å². The first-order valence-corrected chi connectivity index (χ1v) is 9.04. The van der Waals surface area contributed by atoms with E-state index >= 15 is 0 Å². The molecule has 3 fully saturated rings. The van der Waals surface area contributed by atoms with Crippen LogP contribution in [0.25, 0.3) is 0 Å². The van der Waals surface area contributed by atoms with Gasteiger partial charge in [-0.1, -0.05) is 0 Å². The van der Waals surface area contributed by atoms with Crippen molar-refractivity contribution in [3.05, 3.63) is 0 Å². The molecular formula is C16H27N3O7. The number of amides is 3. The zero-order valence-electron chi connectivity index (χ0n) is 14.7. The normalized spacial score (nSPS) is 32.5. The highest BCUT2D eigenvalue weighted by molar-refractivity contribution is 5.77. The smallest absolute Gasteiger partial charge is 0.317 e. The molecule has 0 aromatic heterocycles. The molecule has 148 valence electrons. The van der Waals surface area contributed by atoms with Crippen LogP contribution in [0, 0.1) is 0 Å². The first-order chi connectivity index (χ1) is 12.6. The lowest BCUT2D eigenvalue weighted by Crippen LogP contribution is -2.49. The zero-order valence-corrected chi connectivity index (χ0v) is 14.7. The molecule has 26 heavy (non-hydrogen) atoms. The fraction of sp³-hybridized carbons (Fsp3) is 0.875. The van der Waals surface area contributed by atoms with Gasteiger partial charge in [0, 0.05) is 32.7 Å². The lowest BCUT2D eigenvalue weighted by atomic mass is 10.0. The van der Waals surface area contributed by atoms with Crippen LogP contribution in [0.5, 0.6) is 0 Å². The maximum atomic E-state index is 12.3. The van der Waals surface area contributed by atoms with Crippen LogP contribution in [0.15, 0.2) is 0 Å². The number of aliphatic hydroxyl groups is 2. The van der Waals surface area contributed by atoms with Crippen molar-refractivity contribution >= 4 is 11.9 Å². The summed E-state index contributed by atoms with van der Waals surface area (Å²) in [6, 6.07) is -0.258. The molecule has 0 bridgehead atoms.